The van der Waals surface area contributed by atoms with Crippen LogP contribution >= 0.6 is 0 Å². The van der Waals surface area contributed by atoms with Gasteiger partial charge in [0.1, 0.15) is 6.10 Å². The number of rotatable bonds is 12. The molecule has 0 bridgehead atoms. The monoisotopic (exact) mass is 308 g/mol. The maximum atomic E-state index is 10.4. The molecule has 124 valence electrons. The van der Waals surface area contributed by atoms with E-state index in [1.54, 1.807) is 4.90 Å². The molecule has 5 heteroatoms. The number of aliphatic hydroxyl groups excluding tert-OH is 1. The number of aliphatic hydroxyl groups is 1. The van der Waals surface area contributed by atoms with Crippen LogP contribution in [0.3, 0.4) is 0 Å². The third kappa shape index (κ3) is 13.3. The predicted molar refractivity (Wildman–Crippen MR) is 85.8 cm³/mol. The lowest BCUT2D eigenvalue weighted by molar-refractivity contribution is -0.137. The van der Waals surface area contributed by atoms with Crippen molar-refractivity contribution in [2.75, 3.05) is 13.1 Å². The highest BCUT2D eigenvalue weighted by molar-refractivity contribution is 5.66. The largest absolute Gasteiger partial charge is 0.481 e. The van der Waals surface area contributed by atoms with E-state index in [1.807, 2.05) is 0 Å². The van der Waals surface area contributed by atoms with Gasteiger partial charge in [0.2, 0.25) is 0 Å². The Balaban J connectivity index is 3.75. The number of carbonyl (C=O) groups is 1. The highest BCUT2D eigenvalue weighted by Crippen LogP contribution is 2.04. The molecule has 1 atom stereocenters. The minimum absolute atomic E-state index is 0.212. The Bertz CT molecular complexity index is 393. The number of unbranched alkanes of at least 4 members (excludes halogenated alkanes) is 5. The fourth-order valence-electron chi connectivity index (χ4n) is 2.02. The van der Waals surface area contributed by atoms with Gasteiger partial charge in [-0.25, -0.2) is 0 Å². The van der Waals surface area contributed by atoms with Crippen LogP contribution in [0.15, 0.2) is 0 Å². The molecule has 0 aromatic heterocycles. The highest BCUT2D eigenvalue weighted by Gasteiger charge is 2.01. The first-order valence-corrected chi connectivity index (χ1v) is 8.13. The van der Waals surface area contributed by atoms with Gasteiger partial charge in [0.25, 0.3) is 0 Å². The van der Waals surface area contributed by atoms with Crippen LogP contribution in [0.25, 0.3) is 0 Å². The summed E-state index contributed by atoms with van der Waals surface area (Å²) in [5.74, 6) is 4.87. The van der Waals surface area contributed by atoms with Crippen LogP contribution in [-0.4, -0.2) is 40.3 Å². The normalized spacial score (nSPS) is 11.1. The minimum Gasteiger partial charge on any atom is -0.481 e. The van der Waals surface area contributed by atoms with Crippen LogP contribution in [0, 0.1) is 23.3 Å². The Hall–Kier alpha value is -1.72. The molecule has 0 fully saturated rings. The molecule has 22 heavy (non-hydrogen) atoms. The molecule has 0 spiro atoms. The summed E-state index contributed by atoms with van der Waals surface area (Å²) < 4.78 is 0. The Morgan fingerprint density at radius 1 is 1.18 bits per heavy atom. The van der Waals surface area contributed by atoms with Gasteiger partial charge in [-0.15, -0.1) is 0 Å². The predicted octanol–water partition coefficient (Wildman–Crippen LogP) is 2.75. The van der Waals surface area contributed by atoms with Crippen LogP contribution < -0.4 is 0 Å². The molecule has 0 amide bonds. The number of aliphatic carboxylic acids is 1. The van der Waals surface area contributed by atoms with Crippen LogP contribution in [0.2, 0.25) is 0 Å². The van der Waals surface area contributed by atoms with E-state index in [0.717, 1.165) is 38.5 Å². The van der Waals surface area contributed by atoms with Crippen LogP contribution in [0.1, 0.15) is 64.7 Å². The number of hydrogen-bond donors (Lipinski definition) is 2. The zero-order chi connectivity index (χ0) is 16.6. The summed E-state index contributed by atoms with van der Waals surface area (Å²) in [6, 6.07) is 0. The van der Waals surface area contributed by atoms with Crippen LogP contribution in [0.4, 0.5) is 0 Å². The molecule has 0 rings (SSSR count). The van der Waals surface area contributed by atoms with Crippen molar-refractivity contribution in [1.29, 1.82) is 5.26 Å². The lowest BCUT2D eigenvalue weighted by Crippen LogP contribution is -2.19. The van der Waals surface area contributed by atoms with Crippen molar-refractivity contribution >= 4 is 5.97 Å². The van der Waals surface area contributed by atoms with Crippen molar-refractivity contribution in [3.05, 3.63) is 0 Å². The van der Waals surface area contributed by atoms with Gasteiger partial charge >= 0.3 is 5.97 Å². The molecule has 0 aliphatic carbocycles. The molecular weight excluding hydrogens is 280 g/mol. The molecule has 0 aliphatic heterocycles. The van der Waals surface area contributed by atoms with Crippen molar-refractivity contribution in [3.63, 3.8) is 0 Å². The standard InChI is InChI=1S/C17H28N2O3/c1-2-3-6-10-16(20)11-9-14-19(15-18)13-8-5-4-7-12-17(21)22/h16,20H,2-8,10,12-14H2,1H3,(H,21,22)/t16-/m0/s1. The van der Waals surface area contributed by atoms with E-state index in [2.05, 4.69) is 25.0 Å². The average Bonchev–Trinajstić information content (AvgIpc) is 2.48. The van der Waals surface area contributed by atoms with Crippen molar-refractivity contribution in [2.45, 2.75) is 70.8 Å². The average molecular weight is 308 g/mol. The van der Waals surface area contributed by atoms with E-state index >= 15 is 0 Å². The van der Waals surface area contributed by atoms with Crippen molar-refractivity contribution in [3.8, 4) is 18.0 Å². The summed E-state index contributed by atoms with van der Waals surface area (Å²) >= 11 is 0. The number of carboxylic acid groups (broad SMARTS) is 1. The number of nitriles is 1. The first-order valence-electron chi connectivity index (χ1n) is 8.13. The van der Waals surface area contributed by atoms with E-state index in [9.17, 15) is 9.90 Å². The van der Waals surface area contributed by atoms with Crippen LogP contribution in [-0.2, 0) is 4.79 Å². The summed E-state index contributed by atoms with van der Waals surface area (Å²) in [5.41, 5.74) is 0. The SMILES string of the molecule is CCCCC[C@H](O)C#CCN(C#N)CCCCCCC(=O)O. The van der Waals surface area contributed by atoms with Gasteiger partial charge in [-0.05, 0) is 25.7 Å². The number of carboxylic acids is 1. The topological polar surface area (TPSA) is 84.6 Å². The molecule has 2 N–H and O–H groups in total. The van der Waals surface area contributed by atoms with Crippen molar-refractivity contribution in [2.24, 2.45) is 0 Å². The van der Waals surface area contributed by atoms with Gasteiger partial charge in [-0.1, -0.05) is 44.4 Å². The molecule has 5 nitrogen and oxygen atoms in total. The third-order valence-electron chi connectivity index (χ3n) is 3.33. The first kappa shape index (κ1) is 20.3. The molecule has 0 aromatic carbocycles. The maximum Gasteiger partial charge on any atom is 0.303 e. The second-order valence-electron chi connectivity index (χ2n) is 5.41. The second kappa shape index (κ2) is 14.2. The Morgan fingerprint density at radius 3 is 2.55 bits per heavy atom. The van der Waals surface area contributed by atoms with Gasteiger partial charge in [-0.2, -0.15) is 5.26 Å². The Labute approximate surface area is 133 Å². The lowest BCUT2D eigenvalue weighted by Gasteiger charge is -2.11. The molecule has 0 heterocycles. The maximum absolute atomic E-state index is 10.4. The lowest BCUT2D eigenvalue weighted by atomic mass is 10.1. The Morgan fingerprint density at radius 2 is 1.91 bits per heavy atom. The van der Waals surface area contributed by atoms with Gasteiger partial charge in [0.15, 0.2) is 6.19 Å². The van der Waals surface area contributed by atoms with E-state index in [0.29, 0.717) is 25.9 Å². The zero-order valence-corrected chi connectivity index (χ0v) is 13.6. The Kier molecular flexibility index (Phi) is 13.1. The van der Waals surface area contributed by atoms with E-state index < -0.39 is 12.1 Å². The second-order valence-corrected chi connectivity index (χ2v) is 5.41. The van der Waals surface area contributed by atoms with Crippen LogP contribution in [0.5, 0.6) is 0 Å². The van der Waals surface area contributed by atoms with E-state index in [1.165, 1.54) is 0 Å². The number of hydrogen-bond acceptors (Lipinski definition) is 4. The molecule has 0 aliphatic rings. The molecule has 0 unspecified atom stereocenters. The van der Waals surface area contributed by atoms with E-state index in [-0.39, 0.29) is 6.42 Å². The minimum atomic E-state index is -0.758. The summed E-state index contributed by atoms with van der Waals surface area (Å²) in [6.07, 6.45) is 8.92. The summed E-state index contributed by atoms with van der Waals surface area (Å²) in [7, 11) is 0. The summed E-state index contributed by atoms with van der Waals surface area (Å²) in [5, 5.41) is 27.2. The highest BCUT2D eigenvalue weighted by atomic mass is 16.4. The molecule has 0 radical (unpaired) electrons. The van der Waals surface area contributed by atoms with Gasteiger partial charge in [0, 0.05) is 13.0 Å². The van der Waals surface area contributed by atoms with Crippen molar-refractivity contribution < 1.29 is 15.0 Å². The molecular formula is C17H28N2O3. The quantitative estimate of drug-likeness (QED) is 0.251. The summed E-state index contributed by atoms with van der Waals surface area (Å²) in [6.45, 7) is 3.09. The number of nitrogens with zero attached hydrogens (tertiary/aromatic N) is 2. The summed E-state index contributed by atoms with van der Waals surface area (Å²) in [4.78, 5) is 11.9. The van der Waals surface area contributed by atoms with Gasteiger partial charge < -0.3 is 10.2 Å². The van der Waals surface area contributed by atoms with Gasteiger partial charge in [0.05, 0.1) is 6.54 Å². The van der Waals surface area contributed by atoms with Gasteiger partial charge in [-0.3, -0.25) is 9.69 Å². The fourth-order valence-corrected chi connectivity index (χ4v) is 2.02. The fraction of sp³-hybridized carbons (Fsp3) is 0.765. The zero-order valence-electron chi connectivity index (χ0n) is 13.6. The molecule has 0 saturated heterocycles. The first-order chi connectivity index (χ1) is 10.6. The smallest absolute Gasteiger partial charge is 0.303 e. The molecule has 0 saturated carbocycles. The van der Waals surface area contributed by atoms with Crippen molar-refractivity contribution in [1.82, 2.24) is 4.90 Å². The third-order valence-corrected chi connectivity index (χ3v) is 3.33. The van der Waals surface area contributed by atoms with E-state index in [4.69, 9.17) is 10.4 Å². The molecule has 0 aromatic rings.